The zero-order valence-corrected chi connectivity index (χ0v) is 17.5. The highest BCUT2D eigenvalue weighted by Crippen LogP contribution is 2.35. The minimum atomic E-state index is -1.60. The van der Waals surface area contributed by atoms with Crippen molar-refractivity contribution in [3.63, 3.8) is 0 Å². The standard InChI is InChI=1S/C25H16F3NO5/c26-17-4-5-18(27)23-22(17)24(30)16(25(31)32)12-29(23)11-15-2-1-13(9-19(15)28)14-3-6-20-21(10-14)34-8-7-33-20/h1-6,9-10,12H,7-8,11H2,(H,31,32). The van der Waals surface area contributed by atoms with Crippen LogP contribution in [0.1, 0.15) is 15.9 Å². The van der Waals surface area contributed by atoms with Crippen molar-refractivity contribution >= 4 is 16.9 Å². The number of hydrogen-bond donors (Lipinski definition) is 1. The summed E-state index contributed by atoms with van der Waals surface area (Å²) < 4.78 is 56.1. The fourth-order valence-electron chi connectivity index (χ4n) is 3.99. The molecule has 4 aromatic rings. The van der Waals surface area contributed by atoms with Crippen molar-refractivity contribution in [3.05, 3.63) is 93.5 Å². The van der Waals surface area contributed by atoms with E-state index in [1.165, 1.54) is 12.1 Å². The number of ether oxygens (including phenoxy) is 2. The first kappa shape index (κ1) is 21.6. The average Bonchev–Trinajstić information content (AvgIpc) is 2.83. The van der Waals surface area contributed by atoms with Crippen molar-refractivity contribution in [2.75, 3.05) is 13.2 Å². The number of nitrogens with zero attached hydrogens (tertiary/aromatic N) is 1. The first-order valence-electron chi connectivity index (χ1n) is 10.3. The summed E-state index contributed by atoms with van der Waals surface area (Å²) in [5, 5.41) is 8.65. The molecule has 0 amide bonds. The van der Waals surface area contributed by atoms with Gasteiger partial charge in [-0.1, -0.05) is 18.2 Å². The zero-order chi connectivity index (χ0) is 24.0. The molecule has 0 saturated heterocycles. The molecular weight excluding hydrogens is 451 g/mol. The van der Waals surface area contributed by atoms with Gasteiger partial charge in [0.05, 0.1) is 17.4 Å². The van der Waals surface area contributed by atoms with Crippen molar-refractivity contribution in [1.82, 2.24) is 4.57 Å². The van der Waals surface area contributed by atoms with Crippen LogP contribution in [0.2, 0.25) is 0 Å². The molecular formula is C25H16F3NO5. The van der Waals surface area contributed by atoms with E-state index in [4.69, 9.17) is 9.47 Å². The molecule has 6 nitrogen and oxygen atoms in total. The first-order valence-corrected chi connectivity index (χ1v) is 10.3. The zero-order valence-electron chi connectivity index (χ0n) is 17.5. The van der Waals surface area contributed by atoms with Crippen LogP contribution in [0.4, 0.5) is 13.2 Å². The lowest BCUT2D eigenvalue weighted by Gasteiger charge is -2.19. The molecule has 0 atom stereocenters. The maximum Gasteiger partial charge on any atom is 0.341 e. The van der Waals surface area contributed by atoms with Gasteiger partial charge in [0.2, 0.25) is 5.43 Å². The topological polar surface area (TPSA) is 77.8 Å². The van der Waals surface area contributed by atoms with Crippen molar-refractivity contribution in [3.8, 4) is 22.6 Å². The van der Waals surface area contributed by atoms with Gasteiger partial charge in [-0.3, -0.25) is 4.79 Å². The number of fused-ring (bicyclic) bond motifs is 2. The van der Waals surface area contributed by atoms with Gasteiger partial charge >= 0.3 is 5.97 Å². The van der Waals surface area contributed by atoms with Crippen LogP contribution in [0.25, 0.3) is 22.0 Å². The van der Waals surface area contributed by atoms with Crippen LogP contribution < -0.4 is 14.9 Å². The highest BCUT2D eigenvalue weighted by molar-refractivity contribution is 5.93. The third-order valence-electron chi connectivity index (χ3n) is 5.62. The molecule has 2 heterocycles. The van der Waals surface area contributed by atoms with Crippen LogP contribution in [0.15, 0.2) is 59.5 Å². The molecule has 1 aromatic heterocycles. The molecule has 1 aliphatic rings. The molecule has 1 aliphatic heterocycles. The summed E-state index contributed by atoms with van der Waals surface area (Å²) in [6.07, 6.45) is 0.893. The summed E-state index contributed by atoms with van der Waals surface area (Å²) in [7, 11) is 0. The third kappa shape index (κ3) is 3.64. The van der Waals surface area contributed by atoms with E-state index in [-0.39, 0.29) is 12.1 Å². The molecule has 34 heavy (non-hydrogen) atoms. The quantitative estimate of drug-likeness (QED) is 0.475. The SMILES string of the molecule is O=C(O)c1cn(Cc2ccc(-c3ccc4c(c3)OCCO4)cc2F)c2c(F)ccc(F)c2c1=O. The number of aromatic nitrogens is 1. The number of halogens is 3. The molecule has 9 heteroatoms. The van der Waals surface area contributed by atoms with Gasteiger partial charge in [0.25, 0.3) is 0 Å². The van der Waals surface area contributed by atoms with Gasteiger partial charge in [-0.05, 0) is 41.5 Å². The molecule has 1 N–H and O–H groups in total. The number of aromatic carboxylic acids is 1. The highest BCUT2D eigenvalue weighted by Gasteiger charge is 2.21. The van der Waals surface area contributed by atoms with Crippen LogP contribution in [0.5, 0.6) is 11.5 Å². The van der Waals surface area contributed by atoms with E-state index in [2.05, 4.69) is 0 Å². The second kappa shape index (κ2) is 8.26. The lowest BCUT2D eigenvalue weighted by molar-refractivity contribution is 0.0695. The minimum Gasteiger partial charge on any atom is -0.486 e. The van der Waals surface area contributed by atoms with Crippen LogP contribution in [0, 0.1) is 17.5 Å². The Labute approximate surface area is 190 Å². The summed E-state index contributed by atoms with van der Waals surface area (Å²) >= 11 is 0. The van der Waals surface area contributed by atoms with Crippen LogP contribution >= 0.6 is 0 Å². The number of rotatable bonds is 4. The number of benzene rings is 3. The van der Waals surface area contributed by atoms with Gasteiger partial charge in [-0.2, -0.15) is 0 Å². The predicted molar refractivity (Wildman–Crippen MR) is 117 cm³/mol. The Kier molecular flexibility index (Phi) is 5.24. The predicted octanol–water partition coefficient (Wildman–Crippen LogP) is 4.60. The van der Waals surface area contributed by atoms with Crippen LogP contribution in [0.3, 0.4) is 0 Å². The van der Waals surface area contributed by atoms with Crippen molar-refractivity contribution in [2.45, 2.75) is 6.54 Å². The maximum atomic E-state index is 15.1. The molecule has 0 spiro atoms. The fourth-order valence-corrected chi connectivity index (χ4v) is 3.99. The smallest absolute Gasteiger partial charge is 0.341 e. The van der Waals surface area contributed by atoms with Crippen LogP contribution in [-0.4, -0.2) is 28.9 Å². The average molecular weight is 467 g/mol. The van der Waals surface area contributed by atoms with Gasteiger partial charge in [0.1, 0.15) is 36.2 Å². The van der Waals surface area contributed by atoms with E-state index in [0.29, 0.717) is 35.8 Å². The molecule has 0 saturated carbocycles. The number of pyridine rings is 1. The molecule has 172 valence electrons. The van der Waals surface area contributed by atoms with Gasteiger partial charge in [0.15, 0.2) is 11.5 Å². The van der Waals surface area contributed by atoms with Gasteiger partial charge in [-0.15, -0.1) is 0 Å². The van der Waals surface area contributed by atoms with E-state index >= 15 is 4.39 Å². The normalized spacial score (nSPS) is 12.7. The number of hydrogen-bond acceptors (Lipinski definition) is 4. The van der Waals surface area contributed by atoms with Gasteiger partial charge in [0, 0.05) is 11.8 Å². The summed E-state index contributed by atoms with van der Waals surface area (Å²) in [5.74, 6) is -3.09. The molecule has 0 fully saturated rings. The van der Waals surface area contributed by atoms with Crippen LogP contribution in [-0.2, 0) is 6.54 Å². The summed E-state index contributed by atoms with van der Waals surface area (Å²) in [6, 6.07) is 11.2. The monoisotopic (exact) mass is 467 g/mol. The van der Waals surface area contributed by atoms with E-state index < -0.39 is 45.3 Å². The first-order chi connectivity index (χ1) is 16.3. The second-order valence-corrected chi connectivity index (χ2v) is 7.72. The summed E-state index contributed by atoms with van der Waals surface area (Å²) in [6.45, 7) is 0.528. The molecule has 0 bridgehead atoms. The Morgan fingerprint density at radius 1 is 0.882 bits per heavy atom. The Hall–Kier alpha value is -4.27. The van der Waals surface area contributed by atoms with E-state index in [1.54, 1.807) is 24.3 Å². The van der Waals surface area contributed by atoms with E-state index in [0.717, 1.165) is 22.9 Å². The second-order valence-electron chi connectivity index (χ2n) is 7.72. The van der Waals surface area contributed by atoms with E-state index in [1.807, 2.05) is 0 Å². The Morgan fingerprint density at radius 3 is 2.29 bits per heavy atom. The highest BCUT2D eigenvalue weighted by atomic mass is 19.1. The summed E-state index contributed by atoms with van der Waals surface area (Å²) in [4.78, 5) is 23.9. The molecule has 0 radical (unpaired) electrons. The lowest BCUT2D eigenvalue weighted by atomic mass is 10.0. The van der Waals surface area contributed by atoms with Gasteiger partial charge < -0.3 is 19.1 Å². The molecule has 3 aromatic carbocycles. The Balaban J connectivity index is 1.57. The largest absolute Gasteiger partial charge is 0.486 e. The number of carboxylic acid groups (broad SMARTS) is 1. The van der Waals surface area contributed by atoms with E-state index in [9.17, 15) is 23.5 Å². The number of carboxylic acids is 1. The fraction of sp³-hybridized carbons (Fsp3) is 0.120. The van der Waals surface area contributed by atoms with Crippen molar-refractivity contribution in [2.24, 2.45) is 0 Å². The number of carbonyl (C=O) groups is 1. The van der Waals surface area contributed by atoms with Crippen molar-refractivity contribution in [1.29, 1.82) is 0 Å². The molecule has 5 rings (SSSR count). The Bertz CT molecular complexity index is 1530. The third-order valence-corrected chi connectivity index (χ3v) is 5.62. The summed E-state index contributed by atoms with van der Waals surface area (Å²) in [5.41, 5.74) is -1.01. The van der Waals surface area contributed by atoms with Crippen molar-refractivity contribution < 1.29 is 32.5 Å². The van der Waals surface area contributed by atoms with Gasteiger partial charge in [-0.25, -0.2) is 18.0 Å². The molecule has 0 aliphatic carbocycles. The lowest BCUT2D eigenvalue weighted by Crippen LogP contribution is -2.21. The Morgan fingerprint density at radius 2 is 1.56 bits per heavy atom. The minimum absolute atomic E-state index is 0.0891. The maximum absolute atomic E-state index is 15.1. The molecule has 0 unspecified atom stereocenters.